The minimum absolute atomic E-state index is 0.0129. The van der Waals surface area contributed by atoms with Gasteiger partial charge in [0, 0.05) is 27.2 Å². The van der Waals surface area contributed by atoms with Crippen LogP contribution in [0.2, 0.25) is 0 Å². The Morgan fingerprint density at radius 1 is 1.21 bits per heavy atom. The average molecular weight is 267 g/mol. The highest BCUT2D eigenvalue weighted by atomic mass is 19.1. The summed E-state index contributed by atoms with van der Waals surface area (Å²) in [5, 5.41) is 5.14. The first-order valence-corrected chi connectivity index (χ1v) is 5.92. The lowest BCUT2D eigenvalue weighted by Gasteiger charge is -2.12. The first-order valence-electron chi connectivity index (χ1n) is 5.92. The number of nitrogens with one attached hydrogen (secondary N) is 2. The molecule has 0 aromatic heterocycles. The normalized spacial score (nSPS) is 9.89. The summed E-state index contributed by atoms with van der Waals surface area (Å²) >= 11 is 0. The second-order valence-electron chi connectivity index (χ2n) is 4.32. The van der Waals surface area contributed by atoms with E-state index in [1.54, 1.807) is 33.2 Å². The number of hydrogen-bond acceptors (Lipinski definition) is 2. The fraction of sp³-hybridized carbons (Fsp3) is 0.385. The third-order valence-electron chi connectivity index (χ3n) is 2.53. The van der Waals surface area contributed by atoms with Crippen LogP contribution >= 0.6 is 0 Å². The standard InChI is InChI=1S/C13H18FN3O2/c1-9-5-4-6-10(11(9)14)12(18)15-7-8-16-13(19)17(2)3/h4-6H,7-8H2,1-3H3,(H,15,18)(H,16,19). The van der Waals surface area contributed by atoms with E-state index in [1.807, 2.05) is 0 Å². The number of aryl methyl sites for hydroxylation is 1. The maximum atomic E-state index is 13.7. The van der Waals surface area contributed by atoms with E-state index in [2.05, 4.69) is 10.6 Å². The molecule has 1 aromatic carbocycles. The number of halogens is 1. The summed E-state index contributed by atoms with van der Waals surface area (Å²) in [6.45, 7) is 2.13. The number of benzene rings is 1. The lowest BCUT2D eigenvalue weighted by molar-refractivity contribution is 0.0949. The highest BCUT2D eigenvalue weighted by molar-refractivity contribution is 5.94. The van der Waals surface area contributed by atoms with Crippen molar-refractivity contribution in [3.05, 3.63) is 35.1 Å². The molecule has 104 valence electrons. The molecule has 2 N–H and O–H groups in total. The molecule has 0 aliphatic carbocycles. The van der Waals surface area contributed by atoms with Crippen molar-refractivity contribution in [2.24, 2.45) is 0 Å². The fourth-order valence-corrected chi connectivity index (χ4v) is 1.42. The number of nitrogens with zero attached hydrogens (tertiary/aromatic N) is 1. The van der Waals surface area contributed by atoms with Crippen LogP contribution < -0.4 is 10.6 Å². The molecule has 0 saturated heterocycles. The van der Waals surface area contributed by atoms with E-state index >= 15 is 0 Å². The van der Waals surface area contributed by atoms with E-state index in [0.717, 1.165) is 0 Å². The highest BCUT2D eigenvalue weighted by Crippen LogP contribution is 2.11. The largest absolute Gasteiger partial charge is 0.350 e. The quantitative estimate of drug-likeness (QED) is 0.803. The van der Waals surface area contributed by atoms with Crippen LogP contribution in [0.15, 0.2) is 18.2 Å². The van der Waals surface area contributed by atoms with Crippen LogP contribution in [0.5, 0.6) is 0 Å². The van der Waals surface area contributed by atoms with Gasteiger partial charge >= 0.3 is 6.03 Å². The zero-order chi connectivity index (χ0) is 14.4. The van der Waals surface area contributed by atoms with E-state index in [0.29, 0.717) is 5.56 Å². The average Bonchev–Trinajstić information content (AvgIpc) is 2.37. The molecule has 19 heavy (non-hydrogen) atoms. The van der Waals surface area contributed by atoms with Gasteiger partial charge in [-0.05, 0) is 18.6 Å². The Bertz CT molecular complexity index is 475. The van der Waals surface area contributed by atoms with Crippen molar-refractivity contribution in [1.82, 2.24) is 15.5 Å². The van der Waals surface area contributed by atoms with Crippen molar-refractivity contribution in [2.75, 3.05) is 27.2 Å². The molecule has 1 aromatic rings. The van der Waals surface area contributed by atoms with Gasteiger partial charge in [0.25, 0.3) is 5.91 Å². The van der Waals surface area contributed by atoms with Crippen LogP contribution in [-0.2, 0) is 0 Å². The molecule has 0 aliphatic rings. The smallest absolute Gasteiger partial charge is 0.316 e. The molecule has 3 amide bonds. The number of carbonyl (C=O) groups excluding carboxylic acids is 2. The first kappa shape index (κ1) is 14.9. The molecular weight excluding hydrogens is 249 g/mol. The predicted octanol–water partition coefficient (Wildman–Crippen LogP) is 1.14. The SMILES string of the molecule is Cc1cccc(C(=O)NCCNC(=O)N(C)C)c1F. The first-order chi connectivity index (χ1) is 8.93. The molecule has 0 unspecified atom stereocenters. The van der Waals surface area contributed by atoms with Gasteiger partial charge in [0.1, 0.15) is 5.82 Å². The lowest BCUT2D eigenvalue weighted by Crippen LogP contribution is -2.39. The molecule has 0 fully saturated rings. The number of carbonyl (C=O) groups is 2. The maximum absolute atomic E-state index is 13.7. The molecule has 0 atom stereocenters. The number of urea groups is 1. The van der Waals surface area contributed by atoms with Gasteiger partial charge in [-0.15, -0.1) is 0 Å². The van der Waals surface area contributed by atoms with E-state index in [1.165, 1.54) is 11.0 Å². The summed E-state index contributed by atoms with van der Waals surface area (Å²) < 4.78 is 13.7. The van der Waals surface area contributed by atoms with E-state index < -0.39 is 11.7 Å². The van der Waals surface area contributed by atoms with Crippen molar-refractivity contribution < 1.29 is 14.0 Å². The third kappa shape index (κ3) is 4.24. The Morgan fingerprint density at radius 3 is 2.47 bits per heavy atom. The maximum Gasteiger partial charge on any atom is 0.316 e. The van der Waals surface area contributed by atoms with Crippen molar-refractivity contribution in [1.29, 1.82) is 0 Å². The van der Waals surface area contributed by atoms with Crippen LogP contribution in [0.4, 0.5) is 9.18 Å². The van der Waals surface area contributed by atoms with Crippen LogP contribution in [0.3, 0.4) is 0 Å². The van der Waals surface area contributed by atoms with E-state index in [9.17, 15) is 14.0 Å². The monoisotopic (exact) mass is 267 g/mol. The topological polar surface area (TPSA) is 61.4 Å². The van der Waals surface area contributed by atoms with Gasteiger partial charge in [0.05, 0.1) is 5.56 Å². The highest BCUT2D eigenvalue weighted by Gasteiger charge is 2.12. The van der Waals surface area contributed by atoms with E-state index in [4.69, 9.17) is 0 Å². The van der Waals surface area contributed by atoms with Gasteiger partial charge in [-0.3, -0.25) is 4.79 Å². The molecule has 0 saturated carbocycles. The molecule has 1 rings (SSSR count). The number of hydrogen-bond donors (Lipinski definition) is 2. The molecule has 0 radical (unpaired) electrons. The summed E-state index contributed by atoms with van der Waals surface area (Å²) in [5.41, 5.74) is 0.437. The minimum atomic E-state index is -0.516. The molecule has 0 spiro atoms. The summed E-state index contributed by atoms with van der Waals surface area (Å²) in [5.74, 6) is -1.00. The lowest BCUT2D eigenvalue weighted by atomic mass is 10.1. The number of amides is 3. The molecule has 0 aliphatic heterocycles. The van der Waals surface area contributed by atoms with Gasteiger partial charge in [-0.25, -0.2) is 9.18 Å². The van der Waals surface area contributed by atoms with Crippen LogP contribution in [0, 0.1) is 12.7 Å². The van der Waals surface area contributed by atoms with Crippen LogP contribution in [0.25, 0.3) is 0 Å². The van der Waals surface area contributed by atoms with Gasteiger partial charge in [-0.2, -0.15) is 0 Å². The zero-order valence-corrected chi connectivity index (χ0v) is 11.3. The minimum Gasteiger partial charge on any atom is -0.350 e. The third-order valence-corrected chi connectivity index (χ3v) is 2.53. The summed E-state index contributed by atoms with van der Waals surface area (Å²) in [6.07, 6.45) is 0. The van der Waals surface area contributed by atoms with Gasteiger partial charge < -0.3 is 15.5 Å². The fourth-order valence-electron chi connectivity index (χ4n) is 1.42. The van der Waals surface area contributed by atoms with Gasteiger partial charge in [0.15, 0.2) is 0 Å². The number of rotatable bonds is 4. The second-order valence-corrected chi connectivity index (χ2v) is 4.32. The summed E-state index contributed by atoms with van der Waals surface area (Å²) in [6, 6.07) is 4.41. The Hall–Kier alpha value is -2.11. The van der Waals surface area contributed by atoms with Gasteiger partial charge in [-0.1, -0.05) is 12.1 Å². The molecule has 0 bridgehead atoms. The van der Waals surface area contributed by atoms with Crippen molar-refractivity contribution in [3.8, 4) is 0 Å². The molecular formula is C13H18FN3O2. The zero-order valence-electron chi connectivity index (χ0n) is 11.3. The Morgan fingerprint density at radius 2 is 1.84 bits per heavy atom. The second kappa shape index (κ2) is 6.72. The van der Waals surface area contributed by atoms with Crippen molar-refractivity contribution >= 4 is 11.9 Å². The Kier molecular flexibility index (Phi) is 5.29. The Labute approximate surface area is 111 Å². The van der Waals surface area contributed by atoms with Crippen LogP contribution in [-0.4, -0.2) is 44.0 Å². The van der Waals surface area contributed by atoms with Gasteiger partial charge in [0.2, 0.25) is 0 Å². The molecule has 5 nitrogen and oxygen atoms in total. The van der Waals surface area contributed by atoms with Crippen molar-refractivity contribution in [3.63, 3.8) is 0 Å². The summed E-state index contributed by atoms with van der Waals surface area (Å²) in [7, 11) is 3.24. The Balaban J connectivity index is 2.44. The molecule has 0 heterocycles. The molecule has 6 heteroatoms. The van der Waals surface area contributed by atoms with E-state index in [-0.39, 0.29) is 24.7 Å². The predicted molar refractivity (Wildman–Crippen MR) is 70.6 cm³/mol. The van der Waals surface area contributed by atoms with Crippen molar-refractivity contribution in [2.45, 2.75) is 6.92 Å². The van der Waals surface area contributed by atoms with Crippen LogP contribution in [0.1, 0.15) is 15.9 Å². The summed E-state index contributed by atoms with van der Waals surface area (Å²) in [4.78, 5) is 24.3.